The van der Waals surface area contributed by atoms with Crippen LogP contribution in [0.25, 0.3) is 0 Å². The van der Waals surface area contributed by atoms with Gasteiger partial charge in [-0.1, -0.05) is 0 Å². The normalized spacial score (nSPS) is 20.2. The third-order valence-electron chi connectivity index (χ3n) is 4.16. The van der Waals surface area contributed by atoms with E-state index in [1.54, 1.807) is 4.90 Å². The van der Waals surface area contributed by atoms with Crippen molar-refractivity contribution in [2.45, 2.75) is 65.1 Å². The van der Waals surface area contributed by atoms with Crippen molar-refractivity contribution in [2.75, 3.05) is 6.54 Å². The van der Waals surface area contributed by atoms with E-state index in [-0.39, 0.29) is 23.5 Å². The second kappa shape index (κ2) is 7.61. The van der Waals surface area contributed by atoms with Crippen molar-refractivity contribution in [3.05, 3.63) is 15.0 Å². The minimum absolute atomic E-state index is 0.0459. The number of thiazole rings is 1. The fourth-order valence-electron chi connectivity index (χ4n) is 2.75. The van der Waals surface area contributed by atoms with E-state index >= 15 is 0 Å². The number of hydrogen-bond acceptors (Lipinski definition) is 5. The second-order valence-electron chi connectivity index (χ2n) is 7.92. The molecule has 8 heteroatoms. The number of likely N-dealkylation sites (tertiary alicyclic amines) is 1. The first-order valence-electron chi connectivity index (χ1n) is 8.36. The number of piperidine rings is 1. The highest BCUT2D eigenvalue weighted by Gasteiger charge is 2.41. The van der Waals surface area contributed by atoms with Crippen LogP contribution in [0.4, 0.5) is 4.79 Å². The molecule has 2 amide bonds. The lowest BCUT2D eigenvalue weighted by atomic mass is 9.84. The van der Waals surface area contributed by atoms with Gasteiger partial charge in [-0.3, -0.25) is 4.79 Å². The highest BCUT2D eigenvalue weighted by molar-refractivity contribution is 9.10. The minimum Gasteiger partial charge on any atom is -0.444 e. The number of nitrogens with one attached hydrogen (secondary N) is 1. The highest BCUT2D eigenvalue weighted by atomic mass is 79.9. The molecule has 1 atom stereocenters. The van der Waals surface area contributed by atoms with Crippen LogP contribution in [0.2, 0.25) is 0 Å². The number of carbonyl (C=O) groups excluding carboxylic acids is 2. The number of hydrogen-bond donors (Lipinski definition) is 1. The smallest absolute Gasteiger partial charge is 0.410 e. The maximum Gasteiger partial charge on any atom is 0.410 e. The van der Waals surface area contributed by atoms with E-state index in [0.717, 1.165) is 22.5 Å². The quantitative estimate of drug-likeness (QED) is 0.785. The van der Waals surface area contributed by atoms with Gasteiger partial charge in [0.15, 0.2) is 0 Å². The molecule has 1 fully saturated rings. The Kier molecular flexibility index (Phi) is 6.14. The first-order chi connectivity index (χ1) is 11.5. The first-order valence-corrected chi connectivity index (χ1v) is 10.0. The molecule has 140 valence electrons. The lowest BCUT2D eigenvalue weighted by Gasteiger charge is -2.45. The number of carbonyl (C=O) groups is 2. The molecule has 1 aliphatic rings. The van der Waals surface area contributed by atoms with Gasteiger partial charge < -0.3 is 15.0 Å². The Balaban J connectivity index is 1.98. The summed E-state index contributed by atoms with van der Waals surface area (Å²) < 4.78 is 6.29. The van der Waals surface area contributed by atoms with Crippen LogP contribution >= 0.6 is 27.3 Å². The van der Waals surface area contributed by atoms with E-state index in [0.29, 0.717) is 13.1 Å². The summed E-state index contributed by atoms with van der Waals surface area (Å²) in [5.74, 6) is -0.278. The molecular weight excluding hydrogens is 406 g/mol. The Bertz CT molecular complexity index is 639. The third kappa shape index (κ3) is 5.67. The van der Waals surface area contributed by atoms with Crippen molar-refractivity contribution in [2.24, 2.45) is 5.92 Å². The molecule has 6 nitrogen and oxygen atoms in total. The summed E-state index contributed by atoms with van der Waals surface area (Å²) in [5, 5.41) is 5.66. The molecule has 25 heavy (non-hydrogen) atoms. The monoisotopic (exact) mass is 431 g/mol. The van der Waals surface area contributed by atoms with Crippen molar-refractivity contribution in [3.8, 4) is 0 Å². The minimum atomic E-state index is -0.555. The Labute approximate surface area is 161 Å². The fourth-order valence-corrected chi connectivity index (χ4v) is 3.95. The zero-order valence-corrected chi connectivity index (χ0v) is 17.8. The van der Waals surface area contributed by atoms with Crippen LogP contribution in [0.5, 0.6) is 0 Å². The largest absolute Gasteiger partial charge is 0.444 e. The molecule has 0 aliphatic carbocycles. The number of amides is 2. The van der Waals surface area contributed by atoms with Crippen LogP contribution in [-0.4, -0.2) is 39.6 Å². The van der Waals surface area contributed by atoms with Crippen molar-refractivity contribution in [3.63, 3.8) is 0 Å². The van der Waals surface area contributed by atoms with Gasteiger partial charge in [0.1, 0.15) is 15.2 Å². The van der Waals surface area contributed by atoms with Gasteiger partial charge in [0.25, 0.3) is 0 Å². The predicted octanol–water partition coefficient (Wildman–Crippen LogP) is 3.95. The van der Waals surface area contributed by atoms with Crippen LogP contribution in [0.1, 0.15) is 52.5 Å². The van der Waals surface area contributed by atoms with Crippen LogP contribution in [0.15, 0.2) is 9.98 Å². The van der Waals surface area contributed by atoms with Gasteiger partial charge in [-0.2, -0.15) is 0 Å². The van der Waals surface area contributed by atoms with Crippen LogP contribution in [-0.2, 0) is 16.1 Å². The summed E-state index contributed by atoms with van der Waals surface area (Å²) in [6, 6.07) is 0. The molecular formula is C17H26BrN3O3S. The van der Waals surface area contributed by atoms with Crippen molar-refractivity contribution in [1.82, 2.24) is 15.2 Å². The number of halogens is 1. The van der Waals surface area contributed by atoms with Gasteiger partial charge in [-0.15, -0.1) is 11.3 Å². The Morgan fingerprint density at radius 2 is 2.16 bits per heavy atom. The molecule has 0 saturated carbocycles. The van der Waals surface area contributed by atoms with E-state index < -0.39 is 5.60 Å². The molecule has 1 N–H and O–H groups in total. The lowest BCUT2D eigenvalue weighted by Crippen LogP contribution is -2.56. The van der Waals surface area contributed by atoms with Gasteiger partial charge in [-0.05, 0) is 63.4 Å². The summed E-state index contributed by atoms with van der Waals surface area (Å²) >= 11 is 4.80. The van der Waals surface area contributed by atoms with Gasteiger partial charge in [-0.25, -0.2) is 9.78 Å². The average Bonchev–Trinajstić information content (AvgIpc) is 2.88. The van der Waals surface area contributed by atoms with Gasteiger partial charge >= 0.3 is 6.09 Å². The molecule has 1 aromatic rings. The molecule has 0 aromatic carbocycles. The summed E-state index contributed by atoms with van der Waals surface area (Å²) in [6.07, 6.45) is 1.14. The molecule has 1 aliphatic heterocycles. The van der Waals surface area contributed by atoms with Crippen molar-refractivity contribution < 1.29 is 14.3 Å². The topological polar surface area (TPSA) is 71.5 Å². The number of rotatable bonds is 3. The summed E-state index contributed by atoms with van der Waals surface area (Å²) in [4.78, 5) is 31.0. The van der Waals surface area contributed by atoms with Gasteiger partial charge in [0.2, 0.25) is 5.91 Å². The van der Waals surface area contributed by atoms with Gasteiger partial charge in [0.05, 0.1) is 12.5 Å². The number of ether oxygens (including phenoxy) is 1. The molecule has 0 bridgehead atoms. The summed E-state index contributed by atoms with van der Waals surface area (Å²) in [7, 11) is 0. The summed E-state index contributed by atoms with van der Waals surface area (Å²) in [5.41, 5.74) is -0.875. The Morgan fingerprint density at radius 3 is 2.72 bits per heavy atom. The first kappa shape index (κ1) is 20.2. The van der Waals surface area contributed by atoms with Crippen molar-refractivity contribution in [1.29, 1.82) is 0 Å². The zero-order valence-electron chi connectivity index (χ0n) is 15.4. The molecule has 0 spiro atoms. The van der Waals surface area contributed by atoms with E-state index in [1.165, 1.54) is 11.3 Å². The molecule has 2 heterocycles. The standard InChI is InChI=1S/C17H26BrN3O3S/c1-16(2,3)24-15(23)21-9-11(6-7-17(21,4)5)14(22)19-8-13-20-12(18)10-25-13/h10-11H,6-9H2,1-5H3,(H,19,22). The molecule has 2 rings (SSSR count). The zero-order chi connectivity index (χ0) is 18.8. The van der Waals surface area contributed by atoms with E-state index in [4.69, 9.17) is 4.74 Å². The molecule has 1 aromatic heterocycles. The maximum absolute atomic E-state index is 12.5. The highest BCUT2D eigenvalue weighted by Crippen LogP contribution is 2.32. The maximum atomic E-state index is 12.5. The van der Waals surface area contributed by atoms with Crippen LogP contribution in [0.3, 0.4) is 0 Å². The van der Waals surface area contributed by atoms with Crippen molar-refractivity contribution >= 4 is 39.3 Å². The van der Waals surface area contributed by atoms with E-state index in [9.17, 15) is 9.59 Å². The Hall–Kier alpha value is -1.15. The van der Waals surface area contributed by atoms with E-state index in [1.807, 2.05) is 40.0 Å². The fraction of sp³-hybridized carbons (Fsp3) is 0.706. The third-order valence-corrected chi connectivity index (χ3v) is 5.72. The molecule has 1 saturated heterocycles. The summed E-state index contributed by atoms with van der Waals surface area (Å²) in [6.45, 7) is 10.3. The number of nitrogens with zero attached hydrogens (tertiary/aromatic N) is 2. The van der Waals surface area contributed by atoms with E-state index in [2.05, 4.69) is 26.2 Å². The SMILES string of the molecule is CC(C)(C)OC(=O)N1CC(C(=O)NCc2nc(Br)cs2)CCC1(C)C. The Morgan fingerprint density at radius 1 is 1.48 bits per heavy atom. The van der Waals surface area contributed by atoms with Crippen LogP contribution < -0.4 is 5.32 Å². The van der Waals surface area contributed by atoms with Crippen LogP contribution in [0, 0.1) is 5.92 Å². The molecule has 1 unspecified atom stereocenters. The lowest BCUT2D eigenvalue weighted by molar-refractivity contribution is -0.128. The number of aromatic nitrogens is 1. The second-order valence-corrected chi connectivity index (χ2v) is 9.68. The van der Waals surface area contributed by atoms with Gasteiger partial charge in [0, 0.05) is 17.5 Å². The predicted molar refractivity (Wildman–Crippen MR) is 101 cm³/mol. The average molecular weight is 432 g/mol. The molecule has 0 radical (unpaired) electrons.